The minimum absolute atomic E-state index is 0.0196. The molecular formula is C14H23N3O3S. The second kappa shape index (κ2) is 7.68. The fraction of sp³-hybridized carbons (Fsp3) is 0.857. The van der Waals surface area contributed by atoms with Gasteiger partial charge in [0.2, 0.25) is 11.9 Å². The van der Waals surface area contributed by atoms with Crippen LogP contribution < -0.4 is 10.6 Å². The molecule has 2 aliphatic carbocycles. The zero-order valence-corrected chi connectivity index (χ0v) is 13.0. The normalized spacial score (nSPS) is 26.9. The summed E-state index contributed by atoms with van der Waals surface area (Å²) in [5.41, 5.74) is 0. The van der Waals surface area contributed by atoms with Crippen LogP contribution in [0.4, 0.5) is 0 Å². The van der Waals surface area contributed by atoms with Crippen LogP contribution in [0.25, 0.3) is 0 Å². The van der Waals surface area contributed by atoms with Crippen molar-refractivity contribution in [2.75, 3.05) is 0 Å². The van der Waals surface area contributed by atoms with Crippen LogP contribution in [0.5, 0.6) is 0 Å². The summed E-state index contributed by atoms with van der Waals surface area (Å²) in [5.74, 6) is 0.106. The molecule has 6 nitrogen and oxygen atoms in total. The van der Waals surface area contributed by atoms with Gasteiger partial charge >= 0.3 is 0 Å². The van der Waals surface area contributed by atoms with E-state index in [4.69, 9.17) is 12.2 Å². The lowest BCUT2D eigenvalue weighted by molar-refractivity contribution is -0.526. The number of amides is 1. The molecule has 2 rings (SSSR count). The largest absolute Gasteiger partial charge is 0.360 e. The molecule has 1 amide bonds. The van der Waals surface area contributed by atoms with Crippen molar-refractivity contribution in [3.05, 3.63) is 10.1 Å². The van der Waals surface area contributed by atoms with E-state index in [0.29, 0.717) is 18.0 Å². The quantitative estimate of drug-likeness (QED) is 0.474. The van der Waals surface area contributed by atoms with Gasteiger partial charge in [0.1, 0.15) is 0 Å². The lowest BCUT2D eigenvalue weighted by Gasteiger charge is -2.27. The number of nitrogens with zero attached hydrogens (tertiary/aromatic N) is 1. The predicted octanol–water partition coefficient (Wildman–Crippen LogP) is 2.15. The summed E-state index contributed by atoms with van der Waals surface area (Å²) < 4.78 is 0. The Labute approximate surface area is 130 Å². The van der Waals surface area contributed by atoms with Gasteiger partial charge in [0, 0.05) is 29.7 Å². The first-order valence-corrected chi connectivity index (χ1v) is 8.22. The maximum atomic E-state index is 12.1. The topological polar surface area (TPSA) is 84.3 Å². The molecule has 2 fully saturated rings. The molecule has 0 aromatic rings. The number of carbonyl (C=O) groups is 1. The first kappa shape index (κ1) is 16.1. The zero-order chi connectivity index (χ0) is 15.2. The summed E-state index contributed by atoms with van der Waals surface area (Å²) in [4.78, 5) is 22.6. The van der Waals surface area contributed by atoms with Crippen LogP contribution in [0, 0.1) is 16.0 Å². The van der Waals surface area contributed by atoms with Crippen molar-refractivity contribution < 1.29 is 9.72 Å². The van der Waals surface area contributed by atoms with Gasteiger partial charge < -0.3 is 10.6 Å². The van der Waals surface area contributed by atoms with Gasteiger partial charge in [-0.1, -0.05) is 19.3 Å². The highest BCUT2D eigenvalue weighted by atomic mass is 32.1. The molecule has 21 heavy (non-hydrogen) atoms. The summed E-state index contributed by atoms with van der Waals surface area (Å²) >= 11 is 5.18. The fourth-order valence-electron chi connectivity index (χ4n) is 3.23. The van der Waals surface area contributed by atoms with Gasteiger partial charge in [-0.3, -0.25) is 14.9 Å². The Morgan fingerprint density at radius 1 is 1.05 bits per heavy atom. The van der Waals surface area contributed by atoms with Gasteiger partial charge in [0.25, 0.3) is 0 Å². The highest BCUT2D eigenvalue weighted by molar-refractivity contribution is 7.80. The smallest absolute Gasteiger partial charge is 0.229 e. The summed E-state index contributed by atoms with van der Waals surface area (Å²) in [6.07, 6.45) is 7.94. The van der Waals surface area contributed by atoms with Gasteiger partial charge in [0.15, 0.2) is 5.11 Å². The molecule has 0 aromatic carbocycles. The molecular weight excluding hydrogens is 290 g/mol. The van der Waals surface area contributed by atoms with Crippen LogP contribution in [0.3, 0.4) is 0 Å². The third-order valence-electron chi connectivity index (χ3n) is 4.54. The molecule has 0 atom stereocenters. The van der Waals surface area contributed by atoms with E-state index in [9.17, 15) is 14.9 Å². The number of hydrogen-bond acceptors (Lipinski definition) is 4. The first-order chi connectivity index (χ1) is 10.1. The second-order valence-corrected chi connectivity index (χ2v) is 6.50. The van der Waals surface area contributed by atoms with Crippen molar-refractivity contribution >= 4 is 23.2 Å². The minimum atomic E-state index is -0.423. The summed E-state index contributed by atoms with van der Waals surface area (Å²) in [5, 5.41) is 17.0. The average Bonchev–Trinajstić information content (AvgIpc) is 2.48. The Kier molecular flexibility index (Phi) is 5.90. The SMILES string of the molecule is O=C(NC(=S)NC1CCC([N+](=O)[O-])CC1)C1CCCCC1. The Balaban J connectivity index is 1.70. The molecule has 0 radical (unpaired) electrons. The van der Waals surface area contributed by atoms with Crippen molar-refractivity contribution in [3.8, 4) is 0 Å². The third kappa shape index (κ3) is 4.91. The first-order valence-electron chi connectivity index (χ1n) is 7.81. The van der Waals surface area contributed by atoms with E-state index in [1.54, 1.807) is 0 Å². The number of nitrogens with one attached hydrogen (secondary N) is 2. The minimum Gasteiger partial charge on any atom is -0.360 e. The Morgan fingerprint density at radius 2 is 1.67 bits per heavy atom. The molecule has 118 valence electrons. The maximum absolute atomic E-state index is 12.1. The van der Waals surface area contributed by atoms with Crippen LogP contribution in [0.15, 0.2) is 0 Å². The molecule has 0 aromatic heterocycles. The summed E-state index contributed by atoms with van der Waals surface area (Å²) in [6, 6.07) is -0.284. The Morgan fingerprint density at radius 3 is 2.24 bits per heavy atom. The summed E-state index contributed by atoms with van der Waals surface area (Å²) in [7, 11) is 0. The van der Waals surface area contributed by atoms with Gasteiger partial charge in [0.05, 0.1) is 0 Å². The molecule has 2 aliphatic rings. The third-order valence-corrected chi connectivity index (χ3v) is 4.76. The number of rotatable bonds is 3. The van der Waals surface area contributed by atoms with Gasteiger partial charge in [-0.05, 0) is 37.9 Å². The molecule has 2 N–H and O–H groups in total. The van der Waals surface area contributed by atoms with Crippen LogP contribution in [0.2, 0.25) is 0 Å². The van der Waals surface area contributed by atoms with Crippen LogP contribution in [0.1, 0.15) is 57.8 Å². The van der Waals surface area contributed by atoms with Crippen molar-refractivity contribution in [3.63, 3.8) is 0 Å². The van der Waals surface area contributed by atoms with Gasteiger partial charge in [-0.15, -0.1) is 0 Å². The van der Waals surface area contributed by atoms with E-state index >= 15 is 0 Å². The molecule has 0 heterocycles. The number of thiocarbonyl (C=S) groups is 1. The number of carbonyl (C=O) groups excluding carboxylic acids is 1. The van der Waals surface area contributed by atoms with Gasteiger partial charge in [-0.25, -0.2) is 0 Å². The zero-order valence-electron chi connectivity index (χ0n) is 12.2. The van der Waals surface area contributed by atoms with Crippen molar-refractivity contribution in [1.82, 2.24) is 10.6 Å². The van der Waals surface area contributed by atoms with E-state index in [-0.39, 0.29) is 22.8 Å². The molecule has 7 heteroatoms. The maximum Gasteiger partial charge on any atom is 0.229 e. The second-order valence-electron chi connectivity index (χ2n) is 6.09. The Bertz CT molecular complexity index is 402. The van der Waals surface area contributed by atoms with E-state index in [2.05, 4.69) is 10.6 Å². The lowest BCUT2D eigenvalue weighted by Crippen LogP contribution is -2.48. The molecule has 0 bridgehead atoms. The van der Waals surface area contributed by atoms with Crippen molar-refractivity contribution in [1.29, 1.82) is 0 Å². The van der Waals surface area contributed by atoms with Crippen LogP contribution in [-0.2, 0) is 4.79 Å². The average molecular weight is 313 g/mol. The van der Waals surface area contributed by atoms with Crippen LogP contribution in [-0.4, -0.2) is 28.0 Å². The highest BCUT2D eigenvalue weighted by Gasteiger charge is 2.29. The predicted molar refractivity (Wildman–Crippen MR) is 83.5 cm³/mol. The summed E-state index contributed by atoms with van der Waals surface area (Å²) in [6.45, 7) is 0. The highest BCUT2D eigenvalue weighted by Crippen LogP contribution is 2.24. The van der Waals surface area contributed by atoms with E-state index in [1.807, 2.05) is 0 Å². The Hall–Kier alpha value is -1.24. The molecule has 2 saturated carbocycles. The monoisotopic (exact) mass is 313 g/mol. The standard InChI is InChI=1S/C14H23N3O3S/c18-13(10-4-2-1-3-5-10)16-14(21)15-11-6-8-12(9-7-11)17(19)20/h10-12H,1-9H2,(H2,15,16,18,21). The molecule has 0 unspecified atom stereocenters. The van der Waals surface area contributed by atoms with Gasteiger partial charge in [-0.2, -0.15) is 0 Å². The number of hydrogen-bond donors (Lipinski definition) is 2. The van der Waals surface area contributed by atoms with E-state index < -0.39 is 6.04 Å². The molecule has 0 spiro atoms. The van der Waals surface area contributed by atoms with Crippen LogP contribution >= 0.6 is 12.2 Å². The van der Waals surface area contributed by atoms with E-state index in [1.165, 1.54) is 6.42 Å². The fourth-order valence-corrected chi connectivity index (χ4v) is 3.50. The number of nitro groups is 1. The van der Waals surface area contributed by atoms with E-state index in [0.717, 1.165) is 38.5 Å². The lowest BCUT2D eigenvalue weighted by atomic mass is 9.89. The molecule has 0 saturated heterocycles. The molecule has 0 aliphatic heterocycles. The van der Waals surface area contributed by atoms with Crippen molar-refractivity contribution in [2.45, 2.75) is 69.9 Å². The van der Waals surface area contributed by atoms with Crippen molar-refractivity contribution in [2.24, 2.45) is 5.92 Å².